The third kappa shape index (κ3) is 5.25. The molecule has 3 rings (SSSR count). The molecule has 0 unspecified atom stereocenters. The van der Waals surface area contributed by atoms with Crippen LogP contribution >= 0.6 is 11.6 Å². The molecule has 0 saturated heterocycles. The summed E-state index contributed by atoms with van der Waals surface area (Å²) in [5.41, 5.74) is 4.87. The molecule has 0 aliphatic rings. The molecule has 13 heteroatoms. The van der Waals surface area contributed by atoms with Crippen LogP contribution in [0.4, 0.5) is 38.0 Å². The van der Waals surface area contributed by atoms with Crippen molar-refractivity contribution < 1.29 is 23.6 Å². The van der Waals surface area contributed by atoms with Crippen molar-refractivity contribution in [3.63, 3.8) is 0 Å². The molecule has 0 spiro atoms. The fourth-order valence-corrected chi connectivity index (χ4v) is 2.60. The lowest BCUT2D eigenvalue weighted by Gasteiger charge is -2.14. The molecule has 0 aliphatic heterocycles. The van der Waals surface area contributed by atoms with Crippen molar-refractivity contribution in [2.24, 2.45) is 5.73 Å². The van der Waals surface area contributed by atoms with Crippen LogP contribution in [0.3, 0.4) is 0 Å². The van der Waals surface area contributed by atoms with Crippen LogP contribution in [-0.2, 0) is 0 Å². The van der Waals surface area contributed by atoms with Crippen LogP contribution in [0.1, 0.15) is 0 Å². The number of nitrogens with two attached hydrogens (primary N) is 1. The second-order valence-corrected chi connectivity index (χ2v) is 6.25. The molecule has 0 aliphatic carbocycles. The Morgan fingerprint density at radius 1 is 1.26 bits per heavy atom. The molecule has 0 radical (unpaired) electrons. The summed E-state index contributed by atoms with van der Waals surface area (Å²) >= 11 is 6.16. The van der Waals surface area contributed by atoms with E-state index in [1.807, 2.05) is 0 Å². The number of anilines is 4. The first-order valence-electron chi connectivity index (χ1n) is 8.42. The van der Waals surface area contributed by atoms with Crippen molar-refractivity contribution in [3.8, 4) is 11.5 Å². The number of aromatic nitrogens is 2. The Kier molecular flexibility index (Phi) is 6.31. The molecule has 11 nitrogen and oxygen atoms in total. The van der Waals surface area contributed by atoms with Gasteiger partial charge in [-0.2, -0.15) is 9.37 Å². The highest BCUT2D eigenvalue weighted by molar-refractivity contribution is 6.32. The molecule has 0 bridgehead atoms. The van der Waals surface area contributed by atoms with Crippen molar-refractivity contribution in [1.29, 1.82) is 0 Å². The van der Waals surface area contributed by atoms with Gasteiger partial charge in [-0.3, -0.25) is 10.1 Å². The fraction of sp³-hybridized carbons (Fsp3) is 0.0556. The summed E-state index contributed by atoms with van der Waals surface area (Å²) in [6, 6.07) is 7.70. The monoisotopic (exact) mass is 448 g/mol. The van der Waals surface area contributed by atoms with Gasteiger partial charge < -0.3 is 25.8 Å². The maximum absolute atomic E-state index is 13.5. The van der Waals surface area contributed by atoms with Crippen LogP contribution in [0.25, 0.3) is 0 Å². The Morgan fingerprint density at radius 2 is 2.03 bits per heavy atom. The van der Waals surface area contributed by atoms with Crippen LogP contribution in [0.5, 0.6) is 11.5 Å². The summed E-state index contributed by atoms with van der Waals surface area (Å²) < 4.78 is 23.6. The lowest BCUT2D eigenvalue weighted by atomic mass is 10.2. The second kappa shape index (κ2) is 9.09. The molecule has 1 aromatic heterocycles. The number of amides is 1. The molecule has 31 heavy (non-hydrogen) atoms. The number of hydrogen-bond acceptors (Lipinski definition) is 9. The summed E-state index contributed by atoms with van der Waals surface area (Å²) in [6.45, 7) is 0. The quantitative estimate of drug-likeness (QED) is 0.357. The standard InChI is InChI=1S/C18H14ClFN6O5/c1-30-15-5-3-10(31-17(21)27)7-13(15)24-16-11(19)8-22-18(25-16)23-9-2-4-12(20)14(6-9)26(28)29/h2-8H,1H3,(H2,21,27)(H2,22,23,24,25). The number of nitrogens with one attached hydrogen (secondary N) is 2. The maximum Gasteiger partial charge on any atom is 0.409 e. The van der Waals surface area contributed by atoms with Gasteiger partial charge in [0.25, 0.3) is 0 Å². The SMILES string of the molecule is COc1ccc(OC(N)=O)cc1Nc1nc(Nc2ccc(F)c([N+](=O)[O-])c2)ncc1Cl. The first-order chi connectivity index (χ1) is 14.8. The number of primary amides is 1. The van der Waals surface area contributed by atoms with Gasteiger partial charge in [-0.25, -0.2) is 9.78 Å². The van der Waals surface area contributed by atoms with Gasteiger partial charge in [0.15, 0.2) is 5.82 Å². The summed E-state index contributed by atoms with van der Waals surface area (Å²) in [5.74, 6) is -0.269. The number of nitrogens with zero attached hydrogens (tertiary/aromatic N) is 3. The molecule has 0 saturated carbocycles. The van der Waals surface area contributed by atoms with E-state index in [9.17, 15) is 19.3 Å². The van der Waals surface area contributed by atoms with Gasteiger partial charge in [-0.1, -0.05) is 11.6 Å². The average molecular weight is 449 g/mol. The largest absolute Gasteiger partial charge is 0.495 e. The van der Waals surface area contributed by atoms with E-state index in [0.717, 1.165) is 12.1 Å². The second-order valence-electron chi connectivity index (χ2n) is 5.85. The molecular weight excluding hydrogens is 435 g/mol. The predicted octanol–water partition coefficient (Wildman–Crippen LogP) is 4.13. The highest BCUT2D eigenvalue weighted by Crippen LogP contribution is 2.33. The zero-order valence-corrected chi connectivity index (χ0v) is 16.5. The van der Waals surface area contributed by atoms with E-state index in [0.29, 0.717) is 11.4 Å². The highest BCUT2D eigenvalue weighted by atomic mass is 35.5. The molecule has 1 heterocycles. The number of nitro benzene ring substituents is 1. The molecule has 0 atom stereocenters. The van der Waals surface area contributed by atoms with Gasteiger partial charge in [0.1, 0.15) is 16.5 Å². The van der Waals surface area contributed by atoms with Crippen molar-refractivity contribution in [1.82, 2.24) is 9.97 Å². The average Bonchev–Trinajstić information content (AvgIpc) is 2.71. The third-order valence-corrected chi connectivity index (χ3v) is 4.06. The molecule has 0 fully saturated rings. The topological polar surface area (TPSA) is 155 Å². The summed E-state index contributed by atoms with van der Waals surface area (Å²) in [6.07, 6.45) is 0.295. The number of halogens is 2. The number of carbonyl (C=O) groups excluding carboxylic acids is 1. The smallest absolute Gasteiger partial charge is 0.409 e. The zero-order chi connectivity index (χ0) is 22.5. The Labute approximate surface area is 179 Å². The van der Waals surface area contributed by atoms with Gasteiger partial charge in [0.05, 0.1) is 23.9 Å². The minimum absolute atomic E-state index is 0.0244. The minimum Gasteiger partial charge on any atom is -0.495 e. The molecule has 160 valence electrons. The van der Waals surface area contributed by atoms with E-state index in [1.54, 1.807) is 0 Å². The van der Waals surface area contributed by atoms with Gasteiger partial charge >= 0.3 is 11.8 Å². The van der Waals surface area contributed by atoms with Crippen LogP contribution in [-0.4, -0.2) is 28.1 Å². The fourth-order valence-electron chi connectivity index (χ4n) is 2.47. The predicted molar refractivity (Wildman–Crippen MR) is 110 cm³/mol. The normalized spacial score (nSPS) is 10.3. The number of carbonyl (C=O) groups is 1. The van der Waals surface area contributed by atoms with E-state index in [4.69, 9.17) is 26.8 Å². The third-order valence-electron chi connectivity index (χ3n) is 3.79. The van der Waals surface area contributed by atoms with Crippen LogP contribution < -0.4 is 25.8 Å². The summed E-state index contributed by atoms with van der Waals surface area (Å²) in [5, 5.41) is 16.7. The van der Waals surface area contributed by atoms with Crippen LogP contribution in [0, 0.1) is 15.9 Å². The van der Waals surface area contributed by atoms with E-state index < -0.39 is 22.5 Å². The number of nitro groups is 1. The summed E-state index contributed by atoms with van der Waals surface area (Å²) in [4.78, 5) is 29.3. The molecule has 4 N–H and O–H groups in total. The van der Waals surface area contributed by atoms with E-state index in [1.165, 1.54) is 37.6 Å². The molecule has 2 aromatic carbocycles. The van der Waals surface area contributed by atoms with Crippen molar-refractivity contribution in [3.05, 3.63) is 63.5 Å². The van der Waals surface area contributed by atoms with E-state index in [2.05, 4.69) is 20.6 Å². The maximum atomic E-state index is 13.5. The molecular formula is C18H14ClFN6O5. The van der Waals surface area contributed by atoms with Crippen LogP contribution in [0.2, 0.25) is 5.02 Å². The Bertz CT molecular complexity index is 1160. The summed E-state index contributed by atoms with van der Waals surface area (Å²) in [7, 11) is 1.44. The van der Waals surface area contributed by atoms with Gasteiger partial charge in [0, 0.05) is 17.8 Å². The Morgan fingerprint density at radius 3 is 2.71 bits per heavy atom. The zero-order valence-electron chi connectivity index (χ0n) is 15.8. The van der Waals surface area contributed by atoms with Gasteiger partial charge in [-0.05, 0) is 24.3 Å². The first kappa shape index (κ1) is 21.5. The van der Waals surface area contributed by atoms with Gasteiger partial charge in [0.2, 0.25) is 11.8 Å². The van der Waals surface area contributed by atoms with Crippen molar-refractivity contribution in [2.75, 3.05) is 17.7 Å². The first-order valence-corrected chi connectivity index (χ1v) is 8.80. The lowest BCUT2D eigenvalue weighted by molar-refractivity contribution is -0.387. The molecule has 1 amide bonds. The molecule has 3 aromatic rings. The number of benzene rings is 2. The van der Waals surface area contributed by atoms with E-state index in [-0.39, 0.29) is 28.2 Å². The van der Waals surface area contributed by atoms with Crippen molar-refractivity contribution >= 4 is 46.5 Å². The lowest BCUT2D eigenvalue weighted by Crippen LogP contribution is -2.16. The minimum atomic E-state index is -0.990. The van der Waals surface area contributed by atoms with Crippen LogP contribution in [0.15, 0.2) is 42.6 Å². The number of ether oxygens (including phenoxy) is 2. The number of hydrogen-bond donors (Lipinski definition) is 3. The number of methoxy groups -OCH3 is 1. The highest BCUT2D eigenvalue weighted by Gasteiger charge is 2.16. The Balaban J connectivity index is 1.89. The number of rotatable bonds is 7. The van der Waals surface area contributed by atoms with Crippen molar-refractivity contribution in [2.45, 2.75) is 0 Å². The van der Waals surface area contributed by atoms with E-state index >= 15 is 0 Å². The Hall–Kier alpha value is -4.19. The van der Waals surface area contributed by atoms with Gasteiger partial charge in [-0.15, -0.1) is 0 Å².